The third kappa shape index (κ3) is 9.42. The number of rotatable bonds is 9. The van der Waals surface area contributed by atoms with E-state index in [0.29, 0.717) is 26.1 Å². The normalized spacial score (nSPS) is 9.88. The maximum Gasteiger partial charge on any atom is 0.233 e. The fourth-order valence-corrected chi connectivity index (χ4v) is 1.04. The summed E-state index contributed by atoms with van der Waals surface area (Å²) in [5, 5.41) is 8.13. The van der Waals surface area contributed by atoms with Crippen LogP contribution in [0.25, 0.3) is 0 Å². The lowest BCUT2D eigenvalue weighted by Crippen LogP contribution is -2.36. The number of ether oxygens (including phenoxy) is 1. The van der Waals surface area contributed by atoms with Crippen LogP contribution < -0.4 is 16.0 Å². The van der Waals surface area contributed by atoms with Gasteiger partial charge in [-0.15, -0.1) is 0 Å². The molecule has 0 aliphatic heterocycles. The van der Waals surface area contributed by atoms with E-state index in [-0.39, 0.29) is 18.4 Å². The Balaban J connectivity index is 3.27. The minimum absolute atomic E-state index is 0.0343. The van der Waals surface area contributed by atoms with Gasteiger partial charge < -0.3 is 20.7 Å². The van der Waals surface area contributed by atoms with Gasteiger partial charge in [-0.3, -0.25) is 9.59 Å². The summed E-state index contributed by atoms with van der Waals surface area (Å²) in [6.07, 6.45) is 1.19. The average Bonchev–Trinajstić information content (AvgIpc) is 2.30. The number of carbonyl (C=O) groups is 2. The molecule has 2 amide bonds. The first kappa shape index (κ1) is 14.9. The summed E-state index contributed by atoms with van der Waals surface area (Å²) in [5.74, 6) is -0.0963. The molecule has 0 radical (unpaired) electrons. The molecule has 0 aliphatic rings. The van der Waals surface area contributed by atoms with Crippen LogP contribution in [0.5, 0.6) is 0 Å². The van der Waals surface area contributed by atoms with Crippen molar-refractivity contribution in [3.8, 4) is 0 Å². The third-order valence-corrected chi connectivity index (χ3v) is 1.94. The molecule has 16 heavy (non-hydrogen) atoms. The predicted octanol–water partition coefficient (Wildman–Crippen LogP) is -1.14. The first-order valence-corrected chi connectivity index (χ1v) is 5.37. The molecule has 0 aromatic rings. The van der Waals surface area contributed by atoms with Crippen LogP contribution >= 0.6 is 0 Å². The molecule has 0 saturated heterocycles. The number of carbonyl (C=O) groups excluding carboxylic acids is 2. The fourth-order valence-electron chi connectivity index (χ4n) is 1.04. The van der Waals surface area contributed by atoms with Gasteiger partial charge in [-0.2, -0.15) is 0 Å². The van der Waals surface area contributed by atoms with Gasteiger partial charge in [0.05, 0.1) is 6.54 Å². The van der Waals surface area contributed by atoms with E-state index < -0.39 is 0 Å². The maximum absolute atomic E-state index is 11.2. The highest BCUT2D eigenvalue weighted by atomic mass is 16.5. The van der Waals surface area contributed by atoms with Crippen molar-refractivity contribution in [1.29, 1.82) is 0 Å². The standard InChI is InChI=1S/C10H21N3O3/c1-11-9(14)4-6-12-8-10(15)13-5-3-7-16-2/h12H,3-8H2,1-2H3,(H,11,14)(H,13,15). The van der Waals surface area contributed by atoms with E-state index in [1.165, 1.54) is 0 Å². The molecular formula is C10H21N3O3. The fraction of sp³-hybridized carbons (Fsp3) is 0.800. The highest BCUT2D eigenvalue weighted by molar-refractivity contribution is 5.78. The van der Waals surface area contributed by atoms with Crippen molar-refractivity contribution in [1.82, 2.24) is 16.0 Å². The topological polar surface area (TPSA) is 79.5 Å². The zero-order valence-electron chi connectivity index (χ0n) is 9.97. The van der Waals surface area contributed by atoms with Crippen molar-refractivity contribution in [3.63, 3.8) is 0 Å². The van der Waals surface area contributed by atoms with Crippen LogP contribution in [0, 0.1) is 0 Å². The first-order valence-electron chi connectivity index (χ1n) is 5.37. The molecule has 0 heterocycles. The van der Waals surface area contributed by atoms with Gasteiger partial charge in [0.1, 0.15) is 0 Å². The highest BCUT2D eigenvalue weighted by Crippen LogP contribution is 1.78. The van der Waals surface area contributed by atoms with Crippen molar-refractivity contribution in [2.75, 3.05) is 40.4 Å². The lowest BCUT2D eigenvalue weighted by Gasteiger charge is -2.06. The van der Waals surface area contributed by atoms with E-state index >= 15 is 0 Å². The van der Waals surface area contributed by atoms with Gasteiger partial charge in [0.15, 0.2) is 0 Å². The average molecular weight is 231 g/mol. The number of nitrogens with one attached hydrogen (secondary N) is 3. The molecule has 0 aliphatic carbocycles. The summed E-state index contributed by atoms with van der Waals surface area (Å²) < 4.78 is 4.85. The molecular weight excluding hydrogens is 210 g/mol. The first-order chi connectivity index (χ1) is 7.70. The summed E-state index contributed by atoms with van der Waals surface area (Å²) in [6.45, 7) is 2.00. The van der Waals surface area contributed by atoms with Crippen molar-refractivity contribution in [2.24, 2.45) is 0 Å². The number of hydrogen-bond acceptors (Lipinski definition) is 4. The van der Waals surface area contributed by atoms with Crippen LogP contribution in [0.1, 0.15) is 12.8 Å². The smallest absolute Gasteiger partial charge is 0.233 e. The second-order valence-corrected chi connectivity index (χ2v) is 3.30. The Kier molecular flexibility index (Phi) is 9.64. The Morgan fingerprint density at radius 1 is 1.19 bits per heavy atom. The minimum Gasteiger partial charge on any atom is -0.385 e. The Bertz CT molecular complexity index is 209. The van der Waals surface area contributed by atoms with Gasteiger partial charge in [-0.1, -0.05) is 0 Å². The zero-order chi connectivity index (χ0) is 12.2. The maximum atomic E-state index is 11.2. The molecule has 0 unspecified atom stereocenters. The van der Waals surface area contributed by atoms with Gasteiger partial charge in [0, 0.05) is 40.3 Å². The molecule has 0 aromatic carbocycles. The Morgan fingerprint density at radius 2 is 1.94 bits per heavy atom. The van der Waals surface area contributed by atoms with Gasteiger partial charge in [0.25, 0.3) is 0 Å². The van der Waals surface area contributed by atoms with Gasteiger partial charge in [-0.05, 0) is 6.42 Å². The molecule has 0 atom stereocenters. The molecule has 3 N–H and O–H groups in total. The van der Waals surface area contributed by atoms with E-state index in [2.05, 4.69) is 16.0 Å². The van der Waals surface area contributed by atoms with E-state index in [0.717, 1.165) is 6.42 Å². The van der Waals surface area contributed by atoms with Crippen molar-refractivity contribution >= 4 is 11.8 Å². The summed E-state index contributed by atoms with van der Waals surface area (Å²) in [7, 11) is 3.22. The van der Waals surface area contributed by atoms with Crippen LogP contribution in [0.3, 0.4) is 0 Å². The van der Waals surface area contributed by atoms with Gasteiger partial charge >= 0.3 is 0 Å². The Morgan fingerprint density at radius 3 is 2.56 bits per heavy atom. The Hall–Kier alpha value is -1.14. The number of amides is 2. The van der Waals surface area contributed by atoms with Crippen molar-refractivity contribution < 1.29 is 14.3 Å². The molecule has 0 aromatic heterocycles. The van der Waals surface area contributed by atoms with Crippen LogP contribution in [0.2, 0.25) is 0 Å². The molecule has 0 saturated carbocycles. The molecule has 0 spiro atoms. The molecule has 94 valence electrons. The monoisotopic (exact) mass is 231 g/mol. The lowest BCUT2D eigenvalue weighted by molar-refractivity contribution is -0.122. The molecule has 0 fully saturated rings. The largest absolute Gasteiger partial charge is 0.385 e. The predicted molar refractivity (Wildman–Crippen MR) is 61.1 cm³/mol. The lowest BCUT2D eigenvalue weighted by atomic mass is 10.4. The van der Waals surface area contributed by atoms with Crippen LogP contribution in [-0.4, -0.2) is 52.2 Å². The summed E-state index contributed by atoms with van der Waals surface area (Å²) in [5.41, 5.74) is 0. The van der Waals surface area contributed by atoms with Gasteiger partial charge in [0.2, 0.25) is 11.8 Å². The summed E-state index contributed by atoms with van der Waals surface area (Å²) >= 11 is 0. The minimum atomic E-state index is -0.0620. The zero-order valence-corrected chi connectivity index (χ0v) is 9.97. The Labute approximate surface area is 96.1 Å². The van der Waals surface area contributed by atoms with E-state index in [1.54, 1.807) is 14.2 Å². The van der Waals surface area contributed by atoms with E-state index in [9.17, 15) is 9.59 Å². The van der Waals surface area contributed by atoms with Crippen LogP contribution in [0.15, 0.2) is 0 Å². The second-order valence-electron chi connectivity index (χ2n) is 3.30. The van der Waals surface area contributed by atoms with Crippen molar-refractivity contribution in [3.05, 3.63) is 0 Å². The molecule has 0 bridgehead atoms. The molecule has 0 rings (SSSR count). The second kappa shape index (κ2) is 10.4. The summed E-state index contributed by atoms with van der Waals surface area (Å²) in [4.78, 5) is 22.0. The van der Waals surface area contributed by atoms with E-state index in [1.807, 2.05) is 0 Å². The molecule has 6 nitrogen and oxygen atoms in total. The SMILES string of the molecule is CNC(=O)CCNCC(=O)NCCCOC. The number of methoxy groups -OCH3 is 1. The van der Waals surface area contributed by atoms with Gasteiger partial charge in [-0.25, -0.2) is 0 Å². The molecule has 6 heteroatoms. The van der Waals surface area contributed by atoms with Crippen LogP contribution in [0.4, 0.5) is 0 Å². The van der Waals surface area contributed by atoms with Crippen molar-refractivity contribution in [2.45, 2.75) is 12.8 Å². The van der Waals surface area contributed by atoms with Crippen LogP contribution in [-0.2, 0) is 14.3 Å². The van der Waals surface area contributed by atoms with E-state index in [4.69, 9.17) is 4.74 Å². The highest BCUT2D eigenvalue weighted by Gasteiger charge is 2.01. The third-order valence-electron chi connectivity index (χ3n) is 1.94. The summed E-state index contributed by atoms with van der Waals surface area (Å²) in [6, 6.07) is 0. The number of hydrogen-bond donors (Lipinski definition) is 3. The quantitative estimate of drug-likeness (QED) is 0.438.